The van der Waals surface area contributed by atoms with Gasteiger partial charge in [0.1, 0.15) is 5.75 Å². The Bertz CT molecular complexity index is 507. The van der Waals surface area contributed by atoms with Crippen molar-refractivity contribution in [3.8, 4) is 5.75 Å². The third-order valence-electron chi connectivity index (χ3n) is 3.65. The lowest BCUT2D eigenvalue weighted by Crippen LogP contribution is -2.31. The number of hydrogen-bond acceptors (Lipinski definition) is 3. The minimum Gasteiger partial charge on any atom is -0.478 e. The van der Waals surface area contributed by atoms with E-state index in [4.69, 9.17) is 21.1 Å². The SMILES string of the molecule is COC(=O)C(Oc1cc(C)c(Cl)cc1C(C)C)C1CC1. The number of carbonyl (C=O) groups excluding carboxylic acids is 1. The van der Waals surface area contributed by atoms with Gasteiger partial charge in [-0.05, 0) is 48.9 Å². The van der Waals surface area contributed by atoms with Gasteiger partial charge in [-0.25, -0.2) is 4.79 Å². The van der Waals surface area contributed by atoms with Crippen LogP contribution in [0.5, 0.6) is 5.75 Å². The second kappa shape index (κ2) is 6.04. The molecule has 110 valence electrons. The molecule has 0 N–H and O–H groups in total. The summed E-state index contributed by atoms with van der Waals surface area (Å²) in [5.74, 6) is 0.998. The highest BCUT2D eigenvalue weighted by Gasteiger charge is 2.39. The minimum absolute atomic E-state index is 0.276. The first kappa shape index (κ1) is 15.2. The highest BCUT2D eigenvalue weighted by Crippen LogP contribution is 2.38. The van der Waals surface area contributed by atoms with Crippen molar-refractivity contribution in [3.63, 3.8) is 0 Å². The number of rotatable bonds is 5. The van der Waals surface area contributed by atoms with Gasteiger partial charge in [0, 0.05) is 10.9 Å². The van der Waals surface area contributed by atoms with Gasteiger partial charge < -0.3 is 9.47 Å². The summed E-state index contributed by atoms with van der Waals surface area (Å²) in [5.41, 5.74) is 1.97. The van der Waals surface area contributed by atoms with E-state index >= 15 is 0 Å². The zero-order valence-electron chi connectivity index (χ0n) is 12.4. The number of aryl methyl sites for hydroxylation is 1. The van der Waals surface area contributed by atoms with Crippen molar-refractivity contribution in [1.82, 2.24) is 0 Å². The molecular weight excluding hydrogens is 276 g/mol. The largest absolute Gasteiger partial charge is 0.478 e. The maximum Gasteiger partial charge on any atom is 0.347 e. The average molecular weight is 297 g/mol. The van der Waals surface area contributed by atoms with E-state index in [1.807, 2.05) is 19.1 Å². The third-order valence-corrected chi connectivity index (χ3v) is 4.06. The lowest BCUT2D eigenvalue weighted by molar-refractivity contribution is -0.149. The lowest BCUT2D eigenvalue weighted by atomic mass is 10.0. The molecule has 0 aliphatic heterocycles. The molecule has 4 heteroatoms. The second-order valence-electron chi connectivity index (χ2n) is 5.69. The second-order valence-corrected chi connectivity index (χ2v) is 6.10. The molecule has 2 rings (SSSR count). The molecule has 0 aromatic heterocycles. The summed E-state index contributed by atoms with van der Waals surface area (Å²) in [5, 5.41) is 0.724. The first-order valence-corrected chi connectivity index (χ1v) is 7.36. The van der Waals surface area contributed by atoms with Crippen LogP contribution >= 0.6 is 11.6 Å². The van der Waals surface area contributed by atoms with E-state index in [-0.39, 0.29) is 17.8 Å². The normalized spacial score (nSPS) is 16.1. The van der Waals surface area contributed by atoms with Gasteiger partial charge in [-0.2, -0.15) is 0 Å². The van der Waals surface area contributed by atoms with Crippen LogP contribution in [0.15, 0.2) is 12.1 Å². The summed E-state index contributed by atoms with van der Waals surface area (Å²) >= 11 is 6.18. The zero-order valence-corrected chi connectivity index (χ0v) is 13.2. The van der Waals surface area contributed by atoms with Crippen molar-refractivity contribution in [2.45, 2.75) is 45.6 Å². The molecule has 0 saturated heterocycles. The van der Waals surface area contributed by atoms with Crippen LogP contribution in [-0.2, 0) is 9.53 Å². The number of esters is 1. The smallest absolute Gasteiger partial charge is 0.347 e. The summed E-state index contributed by atoms with van der Waals surface area (Å²) in [6.45, 7) is 6.10. The Morgan fingerprint density at radius 1 is 1.35 bits per heavy atom. The van der Waals surface area contributed by atoms with Crippen molar-refractivity contribution >= 4 is 17.6 Å². The molecule has 1 atom stereocenters. The van der Waals surface area contributed by atoms with Crippen LogP contribution in [0.1, 0.15) is 43.7 Å². The molecule has 1 aliphatic rings. The van der Waals surface area contributed by atoms with Crippen LogP contribution < -0.4 is 4.74 Å². The molecule has 20 heavy (non-hydrogen) atoms. The highest BCUT2D eigenvalue weighted by molar-refractivity contribution is 6.31. The van der Waals surface area contributed by atoms with E-state index in [1.54, 1.807) is 0 Å². The lowest BCUT2D eigenvalue weighted by Gasteiger charge is -2.21. The quantitative estimate of drug-likeness (QED) is 0.767. The summed E-state index contributed by atoms with van der Waals surface area (Å²) in [6.07, 6.45) is 1.53. The van der Waals surface area contributed by atoms with E-state index in [9.17, 15) is 4.79 Å². The Balaban J connectivity index is 2.31. The molecule has 3 nitrogen and oxygen atoms in total. The van der Waals surface area contributed by atoms with Gasteiger partial charge >= 0.3 is 5.97 Å². The van der Waals surface area contributed by atoms with Gasteiger partial charge in [-0.3, -0.25) is 0 Å². The minimum atomic E-state index is -0.502. The third kappa shape index (κ3) is 3.26. The van der Waals surface area contributed by atoms with E-state index in [0.717, 1.165) is 34.7 Å². The first-order chi connectivity index (χ1) is 9.43. The number of benzene rings is 1. The Morgan fingerprint density at radius 3 is 2.50 bits per heavy atom. The number of hydrogen-bond donors (Lipinski definition) is 0. The van der Waals surface area contributed by atoms with Gasteiger partial charge in [0.05, 0.1) is 7.11 Å². The summed E-state index contributed by atoms with van der Waals surface area (Å²) in [7, 11) is 1.40. The van der Waals surface area contributed by atoms with Crippen molar-refractivity contribution in [3.05, 3.63) is 28.3 Å². The van der Waals surface area contributed by atoms with Crippen molar-refractivity contribution < 1.29 is 14.3 Å². The molecule has 0 heterocycles. The molecule has 1 aliphatic carbocycles. The Hall–Kier alpha value is -1.22. The standard InChI is InChI=1S/C16H21ClO3/c1-9(2)12-8-13(17)10(3)7-14(12)20-15(11-5-6-11)16(18)19-4/h7-9,11,15H,5-6H2,1-4H3. The van der Waals surface area contributed by atoms with Crippen molar-refractivity contribution in [2.24, 2.45) is 5.92 Å². The monoisotopic (exact) mass is 296 g/mol. The molecule has 0 amide bonds. The summed E-state index contributed by atoms with van der Waals surface area (Å²) in [6, 6.07) is 3.84. The van der Waals surface area contributed by atoms with Crippen molar-refractivity contribution in [1.29, 1.82) is 0 Å². The predicted molar refractivity (Wildman–Crippen MR) is 79.4 cm³/mol. The maximum atomic E-state index is 11.9. The molecule has 1 saturated carbocycles. The molecule has 1 unspecified atom stereocenters. The molecule has 1 aromatic rings. The van der Waals surface area contributed by atoms with Crippen LogP contribution in [0.3, 0.4) is 0 Å². The van der Waals surface area contributed by atoms with Gasteiger partial charge in [0.15, 0.2) is 6.10 Å². The number of halogens is 1. The van der Waals surface area contributed by atoms with E-state index < -0.39 is 6.10 Å². The fourth-order valence-corrected chi connectivity index (χ4v) is 2.38. The van der Waals surface area contributed by atoms with E-state index in [1.165, 1.54) is 7.11 Å². The van der Waals surface area contributed by atoms with Gasteiger partial charge in [-0.1, -0.05) is 25.4 Å². The molecule has 1 fully saturated rings. The number of carbonyl (C=O) groups is 1. The summed E-state index contributed by atoms with van der Waals surface area (Å²) < 4.78 is 10.8. The zero-order chi connectivity index (χ0) is 14.9. The fourth-order valence-electron chi connectivity index (χ4n) is 2.21. The molecular formula is C16H21ClO3. The Labute approximate surface area is 125 Å². The Morgan fingerprint density at radius 2 is 2.00 bits per heavy atom. The molecule has 0 radical (unpaired) electrons. The van der Waals surface area contributed by atoms with Crippen molar-refractivity contribution in [2.75, 3.05) is 7.11 Å². The van der Waals surface area contributed by atoms with Crippen LogP contribution in [0.2, 0.25) is 5.02 Å². The first-order valence-electron chi connectivity index (χ1n) is 6.98. The van der Waals surface area contributed by atoms with Crippen LogP contribution in [-0.4, -0.2) is 19.2 Å². The molecule has 0 spiro atoms. The summed E-state index contributed by atoms with van der Waals surface area (Å²) in [4.78, 5) is 11.9. The van der Waals surface area contributed by atoms with E-state index in [0.29, 0.717) is 0 Å². The van der Waals surface area contributed by atoms with Crippen LogP contribution in [0.25, 0.3) is 0 Å². The molecule has 1 aromatic carbocycles. The average Bonchev–Trinajstić information content (AvgIpc) is 3.22. The van der Waals surface area contributed by atoms with Gasteiger partial charge in [0.2, 0.25) is 0 Å². The molecule has 0 bridgehead atoms. The topological polar surface area (TPSA) is 35.5 Å². The van der Waals surface area contributed by atoms with Gasteiger partial charge in [-0.15, -0.1) is 0 Å². The maximum absolute atomic E-state index is 11.9. The highest BCUT2D eigenvalue weighted by atomic mass is 35.5. The Kier molecular flexibility index (Phi) is 4.59. The van der Waals surface area contributed by atoms with Crippen LogP contribution in [0.4, 0.5) is 0 Å². The number of ether oxygens (including phenoxy) is 2. The fraction of sp³-hybridized carbons (Fsp3) is 0.562. The predicted octanol–water partition coefficient (Wildman–Crippen LogP) is 4.10. The number of methoxy groups -OCH3 is 1. The van der Waals surface area contributed by atoms with Gasteiger partial charge in [0.25, 0.3) is 0 Å². The van der Waals surface area contributed by atoms with E-state index in [2.05, 4.69) is 13.8 Å². The van der Waals surface area contributed by atoms with Crippen LogP contribution in [0, 0.1) is 12.8 Å².